The molecule has 1 aliphatic heterocycles. The number of likely N-dealkylation sites (tertiary alicyclic amines) is 1. The molecular weight excluding hydrogens is 477 g/mol. The van der Waals surface area contributed by atoms with Crippen molar-refractivity contribution in [1.82, 2.24) is 20.9 Å². The summed E-state index contributed by atoms with van der Waals surface area (Å²) < 4.78 is 10.5. The Labute approximate surface area is 185 Å². The Morgan fingerprint density at radius 1 is 1.00 bits per heavy atom. The van der Waals surface area contributed by atoms with Gasteiger partial charge in [-0.1, -0.05) is 0 Å². The van der Waals surface area contributed by atoms with Crippen LogP contribution in [0.15, 0.2) is 4.99 Å². The number of ether oxygens (including phenoxy) is 2. The zero-order chi connectivity index (χ0) is 20.7. The molecule has 1 atom stereocenters. The van der Waals surface area contributed by atoms with Crippen molar-refractivity contribution in [2.75, 3.05) is 33.2 Å². The number of rotatable bonds is 4. The maximum absolute atomic E-state index is 11.9. The molecule has 1 fully saturated rings. The lowest BCUT2D eigenvalue weighted by atomic mass is 10.2. The van der Waals surface area contributed by atoms with E-state index in [9.17, 15) is 9.59 Å². The summed E-state index contributed by atoms with van der Waals surface area (Å²) in [6.07, 6.45) is -0.0308. The van der Waals surface area contributed by atoms with Crippen LogP contribution < -0.4 is 16.0 Å². The largest absolute Gasteiger partial charge is 0.444 e. The lowest BCUT2D eigenvalue weighted by Crippen LogP contribution is -2.46. The molecule has 0 spiro atoms. The minimum absolute atomic E-state index is 0. The summed E-state index contributed by atoms with van der Waals surface area (Å²) in [5.74, 6) is 0.731. The zero-order valence-corrected chi connectivity index (χ0v) is 20.4. The van der Waals surface area contributed by atoms with Crippen LogP contribution in [0.3, 0.4) is 0 Å². The Kier molecular flexibility index (Phi) is 10.9. The van der Waals surface area contributed by atoms with Gasteiger partial charge in [0.2, 0.25) is 0 Å². The summed E-state index contributed by atoms with van der Waals surface area (Å²) in [6.45, 7) is 13.3. The van der Waals surface area contributed by atoms with E-state index in [4.69, 9.17) is 9.47 Å². The molecule has 0 aliphatic carbocycles. The molecule has 1 heterocycles. The van der Waals surface area contributed by atoms with E-state index in [-0.39, 0.29) is 30.0 Å². The van der Waals surface area contributed by atoms with Gasteiger partial charge in [-0.2, -0.15) is 0 Å². The van der Waals surface area contributed by atoms with Crippen LogP contribution in [0.4, 0.5) is 9.59 Å². The van der Waals surface area contributed by atoms with E-state index in [1.165, 1.54) is 0 Å². The molecule has 1 aliphatic rings. The van der Waals surface area contributed by atoms with Crippen molar-refractivity contribution in [3.8, 4) is 0 Å². The molecule has 3 N–H and O–H groups in total. The summed E-state index contributed by atoms with van der Waals surface area (Å²) in [6, 6.07) is 0.0123. The predicted molar refractivity (Wildman–Crippen MR) is 120 cm³/mol. The molecule has 0 radical (unpaired) electrons. The van der Waals surface area contributed by atoms with Crippen molar-refractivity contribution < 1.29 is 19.1 Å². The SMILES string of the molecule is CN=C(NCCNC(=O)OC(C)(C)C)N1CCC(NC(=O)OC(C)(C)C)C1.I. The number of halogens is 1. The fourth-order valence-electron chi connectivity index (χ4n) is 2.53. The summed E-state index contributed by atoms with van der Waals surface area (Å²) in [7, 11) is 1.71. The van der Waals surface area contributed by atoms with Crippen molar-refractivity contribution in [2.45, 2.75) is 65.2 Å². The molecule has 1 rings (SSSR count). The Morgan fingerprint density at radius 2 is 1.54 bits per heavy atom. The van der Waals surface area contributed by atoms with E-state index < -0.39 is 23.4 Å². The van der Waals surface area contributed by atoms with Crippen molar-refractivity contribution in [3.05, 3.63) is 0 Å². The molecule has 9 nitrogen and oxygen atoms in total. The fraction of sp³-hybridized carbons (Fsp3) is 0.833. The van der Waals surface area contributed by atoms with Gasteiger partial charge in [-0.15, -0.1) is 24.0 Å². The highest BCUT2D eigenvalue weighted by Crippen LogP contribution is 2.12. The molecule has 1 saturated heterocycles. The number of guanidine groups is 1. The van der Waals surface area contributed by atoms with E-state index in [0.717, 1.165) is 18.9 Å². The maximum atomic E-state index is 11.9. The number of carbonyl (C=O) groups excluding carboxylic acids is 2. The van der Waals surface area contributed by atoms with Crippen molar-refractivity contribution in [1.29, 1.82) is 0 Å². The van der Waals surface area contributed by atoms with Gasteiger partial charge in [-0.25, -0.2) is 9.59 Å². The number of carbonyl (C=O) groups is 2. The predicted octanol–water partition coefficient (Wildman–Crippen LogP) is 2.30. The standard InChI is InChI=1S/C18H35N5O4.HI/c1-17(2,3)26-15(24)21-10-9-20-14(19-7)23-11-8-13(12-23)22-16(25)27-18(4,5)6;/h13H,8-12H2,1-7H3,(H,19,20)(H,21,24)(H,22,25);1H. The average molecular weight is 513 g/mol. The lowest BCUT2D eigenvalue weighted by Gasteiger charge is -2.23. The van der Waals surface area contributed by atoms with Gasteiger partial charge < -0.3 is 30.3 Å². The van der Waals surface area contributed by atoms with Gasteiger partial charge in [-0.05, 0) is 48.0 Å². The van der Waals surface area contributed by atoms with Gasteiger partial charge in [0.05, 0.1) is 6.04 Å². The number of hydrogen-bond donors (Lipinski definition) is 3. The zero-order valence-electron chi connectivity index (χ0n) is 18.0. The molecule has 0 bridgehead atoms. The van der Waals surface area contributed by atoms with Crippen LogP contribution in [0.2, 0.25) is 0 Å². The lowest BCUT2D eigenvalue weighted by molar-refractivity contribution is 0.0502. The second-order valence-corrected chi connectivity index (χ2v) is 8.48. The fourth-order valence-corrected chi connectivity index (χ4v) is 2.53. The maximum Gasteiger partial charge on any atom is 0.407 e. The number of nitrogens with zero attached hydrogens (tertiary/aromatic N) is 2. The Hall–Kier alpha value is -1.46. The third-order valence-corrected chi connectivity index (χ3v) is 3.50. The normalized spacial score (nSPS) is 17.5. The summed E-state index contributed by atoms with van der Waals surface area (Å²) in [5, 5.41) is 8.79. The first kappa shape index (κ1) is 26.5. The first-order valence-corrected chi connectivity index (χ1v) is 9.31. The Morgan fingerprint density at radius 3 is 2.07 bits per heavy atom. The van der Waals surface area contributed by atoms with Crippen LogP contribution in [0.1, 0.15) is 48.0 Å². The van der Waals surface area contributed by atoms with E-state index in [0.29, 0.717) is 19.6 Å². The van der Waals surface area contributed by atoms with Crippen molar-refractivity contribution >= 4 is 42.1 Å². The van der Waals surface area contributed by atoms with Crippen LogP contribution in [0.5, 0.6) is 0 Å². The highest BCUT2D eigenvalue weighted by molar-refractivity contribution is 14.0. The Bertz CT molecular complexity index is 543. The van der Waals surface area contributed by atoms with Gasteiger partial charge in [0.15, 0.2) is 5.96 Å². The monoisotopic (exact) mass is 513 g/mol. The van der Waals surface area contributed by atoms with Crippen molar-refractivity contribution in [2.24, 2.45) is 4.99 Å². The van der Waals surface area contributed by atoms with E-state index in [1.54, 1.807) is 7.05 Å². The molecule has 0 aromatic carbocycles. The molecule has 2 amide bonds. The number of aliphatic imine (C=N–C) groups is 1. The minimum Gasteiger partial charge on any atom is -0.444 e. The van der Waals surface area contributed by atoms with Crippen molar-refractivity contribution in [3.63, 3.8) is 0 Å². The molecular formula is C18H36IN5O4. The number of amides is 2. The second-order valence-electron chi connectivity index (χ2n) is 8.48. The van der Waals surface area contributed by atoms with Gasteiger partial charge >= 0.3 is 12.2 Å². The van der Waals surface area contributed by atoms with Crippen LogP contribution in [-0.4, -0.2) is 73.5 Å². The molecule has 164 valence electrons. The van der Waals surface area contributed by atoms with E-state index >= 15 is 0 Å². The third-order valence-electron chi connectivity index (χ3n) is 3.50. The van der Waals surface area contributed by atoms with Crippen LogP contribution in [0, 0.1) is 0 Å². The topological polar surface area (TPSA) is 104 Å². The summed E-state index contributed by atoms with van der Waals surface area (Å²) >= 11 is 0. The highest BCUT2D eigenvalue weighted by Gasteiger charge is 2.27. The number of alkyl carbamates (subject to hydrolysis) is 2. The minimum atomic E-state index is -0.515. The van der Waals surface area contributed by atoms with E-state index in [1.807, 2.05) is 41.5 Å². The quantitative estimate of drug-likeness (QED) is 0.231. The first-order chi connectivity index (χ1) is 12.4. The van der Waals surface area contributed by atoms with Gasteiger partial charge in [-0.3, -0.25) is 4.99 Å². The molecule has 0 aromatic heterocycles. The smallest absolute Gasteiger partial charge is 0.407 e. The molecule has 0 aromatic rings. The first-order valence-electron chi connectivity index (χ1n) is 9.31. The molecule has 28 heavy (non-hydrogen) atoms. The third kappa shape index (κ3) is 11.4. The number of hydrogen-bond acceptors (Lipinski definition) is 5. The van der Waals surface area contributed by atoms with Crippen LogP contribution in [-0.2, 0) is 9.47 Å². The molecule has 10 heteroatoms. The second kappa shape index (κ2) is 11.5. The van der Waals surface area contributed by atoms with Crippen LogP contribution in [0.25, 0.3) is 0 Å². The van der Waals surface area contributed by atoms with Gasteiger partial charge in [0.25, 0.3) is 0 Å². The summed E-state index contributed by atoms with van der Waals surface area (Å²) in [5.41, 5.74) is -1.03. The molecule has 1 unspecified atom stereocenters. The summed E-state index contributed by atoms with van der Waals surface area (Å²) in [4.78, 5) is 29.8. The highest BCUT2D eigenvalue weighted by atomic mass is 127. The Balaban J connectivity index is 0.00000729. The number of nitrogens with one attached hydrogen (secondary N) is 3. The molecule has 0 saturated carbocycles. The average Bonchev–Trinajstić information content (AvgIpc) is 2.91. The van der Waals surface area contributed by atoms with Gasteiger partial charge in [0, 0.05) is 33.2 Å². The van der Waals surface area contributed by atoms with Gasteiger partial charge in [0.1, 0.15) is 11.2 Å². The van der Waals surface area contributed by atoms with E-state index in [2.05, 4.69) is 25.8 Å². The van der Waals surface area contributed by atoms with Crippen LogP contribution >= 0.6 is 24.0 Å².